The van der Waals surface area contributed by atoms with E-state index in [4.69, 9.17) is 37.7 Å². The number of fused-ring (bicyclic) bond motifs is 3. The van der Waals surface area contributed by atoms with E-state index in [2.05, 4.69) is 10.6 Å². The monoisotopic (exact) mass is 778 g/mol. The van der Waals surface area contributed by atoms with Gasteiger partial charge in [0.1, 0.15) is 25.4 Å². The van der Waals surface area contributed by atoms with Crippen LogP contribution in [0.2, 0.25) is 0 Å². The van der Waals surface area contributed by atoms with Crippen molar-refractivity contribution < 1.29 is 74.9 Å². The van der Waals surface area contributed by atoms with Gasteiger partial charge in [0.15, 0.2) is 24.6 Å². The zero-order chi connectivity index (χ0) is 39.6. The topological polar surface area (TPSA) is 245 Å². The van der Waals surface area contributed by atoms with Crippen LogP contribution in [0.1, 0.15) is 51.2 Å². The largest absolute Gasteiger partial charge is 0.463 e. The number of nitrogens with one attached hydrogen (secondary N) is 2. The van der Waals surface area contributed by atoms with E-state index in [9.17, 15) is 37.2 Å². The quantitative estimate of drug-likeness (QED) is 0.0943. The SMILES string of the molecule is CC(=O)OC[C@H]1O[C@@H](OC[C@H](NC(=O)OCC2c3ccccc3-c3ccccc32)C(=O)NCCCS(=O)(=O)O)[C@H](OC(C)=O)[C@@H](OC(C)=O)[C@@H]1OC(C)=O. The second-order valence-electron chi connectivity index (χ2n) is 12.4. The Bertz CT molecular complexity index is 1770. The van der Waals surface area contributed by atoms with Gasteiger partial charge in [-0.3, -0.25) is 28.5 Å². The van der Waals surface area contributed by atoms with E-state index < -0.39 is 102 Å². The molecular formula is C35H42N2O16S. The molecule has 0 spiro atoms. The molecule has 0 aromatic heterocycles. The summed E-state index contributed by atoms with van der Waals surface area (Å²) in [5.74, 6) is -5.18. The second kappa shape index (κ2) is 18.8. The number of carbonyl (C=O) groups excluding carboxylic acids is 6. The van der Waals surface area contributed by atoms with Crippen molar-refractivity contribution in [1.29, 1.82) is 0 Å². The lowest BCUT2D eigenvalue weighted by molar-refractivity contribution is -0.308. The van der Waals surface area contributed by atoms with E-state index in [0.29, 0.717) is 0 Å². The van der Waals surface area contributed by atoms with Crippen LogP contribution in [0.5, 0.6) is 0 Å². The van der Waals surface area contributed by atoms with Crippen molar-refractivity contribution in [2.24, 2.45) is 0 Å². The number of esters is 4. The van der Waals surface area contributed by atoms with Crippen molar-refractivity contribution in [2.45, 2.75) is 76.8 Å². The summed E-state index contributed by atoms with van der Waals surface area (Å²) in [4.78, 5) is 74.7. The molecule has 2 amide bonds. The molecule has 2 aromatic carbocycles. The van der Waals surface area contributed by atoms with Crippen LogP contribution in [0, 0.1) is 0 Å². The molecule has 0 unspecified atom stereocenters. The molecule has 1 heterocycles. The molecule has 0 radical (unpaired) electrons. The first kappa shape index (κ1) is 41.6. The van der Waals surface area contributed by atoms with E-state index >= 15 is 0 Å². The minimum atomic E-state index is -4.32. The number of carbonyl (C=O) groups is 6. The lowest BCUT2D eigenvalue weighted by Crippen LogP contribution is -2.63. The summed E-state index contributed by atoms with van der Waals surface area (Å²) < 4.78 is 70.0. The number of hydrogen-bond donors (Lipinski definition) is 3. The molecule has 18 nitrogen and oxygen atoms in total. The third-order valence-electron chi connectivity index (χ3n) is 8.21. The highest BCUT2D eigenvalue weighted by atomic mass is 32.2. The molecule has 2 aliphatic rings. The van der Waals surface area contributed by atoms with Gasteiger partial charge in [-0.1, -0.05) is 48.5 Å². The van der Waals surface area contributed by atoms with E-state index in [0.717, 1.165) is 49.9 Å². The van der Waals surface area contributed by atoms with Gasteiger partial charge in [0, 0.05) is 40.2 Å². The van der Waals surface area contributed by atoms with Crippen LogP contribution < -0.4 is 10.6 Å². The van der Waals surface area contributed by atoms with Gasteiger partial charge < -0.3 is 43.8 Å². The predicted octanol–water partition coefficient (Wildman–Crippen LogP) is 1.39. The summed E-state index contributed by atoms with van der Waals surface area (Å²) in [6, 6.07) is 13.7. The molecule has 4 rings (SSSR count). The smallest absolute Gasteiger partial charge is 0.407 e. The highest BCUT2D eigenvalue weighted by Crippen LogP contribution is 2.44. The Balaban J connectivity index is 1.55. The molecule has 54 heavy (non-hydrogen) atoms. The first-order chi connectivity index (χ1) is 25.5. The summed E-state index contributed by atoms with van der Waals surface area (Å²) in [5.41, 5.74) is 3.85. The summed E-state index contributed by atoms with van der Waals surface area (Å²) in [6.45, 7) is 2.67. The molecule has 3 N–H and O–H groups in total. The van der Waals surface area contributed by atoms with Gasteiger partial charge in [-0.05, 0) is 28.7 Å². The Hall–Kier alpha value is -5.11. The molecular weight excluding hydrogens is 736 g/mol. The number of alkyl carbamates (subject to hydrolysis) is 1. The van der Waals surface area contributed by atoms with Crippen LogP contribution in [0.4, 0.5) is 4.79 Å². The minimum Gasteiger partial charge on any atom is -0.463 e. The molecule has 0 saturated carbocycles. The van der Waals surface area contributed by atoms with Crippen LogP contribution in [-0.2, 0) is 67.2 Å². The van der Waals surface area contributed by atoms with E-state index in [-0.39, 0.29) is 25.5 Å². The number of amides is 2. The zero-order valence-corrected chi connectivity index (χ0v) is 30.7. The number of hydrogen-bond acceptors (Lipinski definition) is 15. The third kappa shape index (κ3) is 11.7. The maximum absolute atomic E-state index is 13.4. The second-order valence-corrected chi connectivity index (χ2v) is 13.9. The van der Waals surface area contributed by atoms with Gasteiger partial charge in [-0.15, -0.1) is 0 Å². The molecule has 2 aromatic rings. The Morgan fingerprint density at radius 3 is 1.87 bits per heavy atom. The molecule has 19 heteroatoms. The standard InChI is InChI=1S/C35H42N2O16S/c1-19(38)47-18-29-30(50-20(2)39)31(51-21(3)40)32(52-22(4)41)34(53-29)48-17-28(33(42)36-14-9-15-54(44,45)46)37-35(43)49-16-27-25-12-7-5-10-23(25)24-11-6-8-13-26(24)27/h5-8,10-13,27-32,34H,9,14-18H2,1-4H3,(H,36,42)(H,37,43)(H,44,45,46)/t28-,29+,30+,31-,32+,34+/m0/s1. The van der Waals surface area contributed by atoms with Gasteiger partial charge in [0.2, 0.25) is 5.91 Å². The van der Waals surface area contributed by atoms with Crippen molar-refractivity contribution in [1.82, 2.24) is 10.6 Å². The van der Waals surface area contributed by atoms with Crippen LogP contribution in [-0.4, -0.2) is 118 Å². The van der Waals surface area contributed by atoms with Crippen molar-refractivity contribution in [3.8, 4) is 11.1 Å². The Labute approximate surface area is 310 Å². The minimum absolute atomic E-state index is 0.108. The van der Waals surface area contributed by atoms with Gasteiger partial charge >= 0.3 is 30.0 Å². The van der Waals surface area contributed by atoms with Gasteiger partial charge in [0.05, 0.1) is 12.4 Å². The first-order valence-electron chi connectivity index (χ1n) is 16.8. The fourth-order valence-corrected chi connectivity index (χ4v) is 6.58. The first-order valence-corrected chi connectivity index (χ1v) is 18.4. The summed E-state index contributed by atoms with van der Waals surface area (Å²) in [5, 5.41) is 4.86. The number of rotatable bonds is 16. The fraction of sp³-hybridized carbons (Fsp3) is 0.486. The number of benzene rings is 2. The molecule has 1 aliphatic heterocycles. The highest BCUT2D eigenvalue weighted by Gasteiger charge is 2.53. The van der Waals surface area contributed by atoms with Crippen LogP contribution >= 0.6 is 0 Å². The van der Waals surface area contributed by atoms with Gasteiger partial charge in [-0.2, -0.15) is 8.42 Å². The Morgan fingerprint density at radius 1 is 0.759 bits per heavy atom. The van der Waals surface area contributed by atoms with Crippen LogP contribution in [0.3, 0.4) is 0 Å². The Morgan fingerprint density at radius 2 is 1.31 bits per heavy atom. The average Bonchev–Trinajstić information content (AvgIpc) is 3.41. The van der Waals surface area contributed by atoms with Crippen molar-refractivity contribution in [2.75, 3.05) is 32.1 Å². The zero-order valence-electron chi connectivity index (χ0n) is 29.9. The van der Waals surface area contributed by atoms with Crippen LogP contribution in [0.15, 0.2) is 48.5 Å². The molecule has 1 aliphatic carbocycles. The maximum Gasteiger partial charge on any atom is 0.407 e. The van der Waals surface area contributed by atoms with Gasteiger partial charge in [-0.25, -0.2) is 4.79 Å². The highest BCUT2D eigenvalue weighted by molar-refractivity contribution is 7.85. The summed E-state index contributed by atoms with van der Waals surface area (Å²) >= 11 is 0. The van der Waals surface area contributed by atoms with Gasteiger partial charge in [0.25, 0.3) is 10.1 Å². The Kier molecular flexibility index (Phi) is 14.5. The van der Waals surface area contributed by atoms with Crippen molar-refractivity contribution in [3.05, 3.63) is 59.7 Å². The molecule has 1 fully saturated rings. The fourth-order valence-electron chi connectivity index (χ4n) is 6.07. The number of ether oxygens (including phenoxy) is 7. The van der Waals surface area contributed by atoms with E-state index in [1.165, 1.54) is 0 Å². The van der Waals surface area contributed by atoms with E-state index in [1.807, 2.05) is 48.5 Å². The third-order valence-corrected chi connectivity index (χ3v) is 9.01. The lowest BCUT2D eigenvalue weighted by Gasteiger charge is -2.44. The molecule has 0 bridgehead atoms. The maximum atomic E-state index is 13.4. The predicted molar refractivity (Wildman–Crippen MR) is 184 cm³/mol. The lowest BCUT2D eigenvalue weighted by atomic mass is 9.98. The van der Waals surface area contributed by atoms with E-state index in [1.54, 1.807) is 0 Å². The van der Waals surface area contributed by atoms with Crippen molar-refractivity contribution in [3.63, 3.8) is 0 Å². The summed E-state index contributed by atoms with van der Waals surface area (Å²) in [7, 11) is -4.32. The van der Waals surface area contributed by atoms with Crippen LogP contribution in [0.25, 0.3) is 11.1 Å². The molecule has 1 saturated heterocycles. The average molecular weight is 779 g/mol. The molecule has 6 atom stereocenters. The van der Waals surface area contributed by atoms with Crippen molar-refractivity contribution >= 4 is 46.0 Å². The summed E-state index contributed by atoms with van der Waals surface area (Å²) in [6.07, 6.45) is -8.86. The normalized spacial score (nSPS) is 21.0. The molecule has 294 valence electrons.